The van der Waals surface area contributed by atoms with Crippen molar-refractivity contribution in [3.63, 3.8) is 0 Å². The Hall–Kier alpha value is -2.06. The van der Waals surface area contributed by atoms with Crippen molar-refractivity contribution in [1.82, 2.24) is 0 Å². The monoisotopic (exact) mass is 278 g/mol. The van der Waals surface area contributed by atoms with Gasteiger partial charge in [0.25, 0.3) is 0 Å². The number of nitrogens with one attached hydrogen (secondary N) is 1. The van der Waals surface area contributed by atoms with Crippen LogP contribution in [0.1, 0.15) is 17.9 Å². The van der Waals surface area contributed by atoms with Crippen LogP contribution in [0.2, 0.25) is 5.02 Å². The molecule has 1 heterocycles. The Labute approximate surface area is 115 Å². The average Bonchev–Trinajstić information content (AvgIpc) is 2.38. The summed E-state index contributed by atoms with van der Waals surface area (Å²) < 4.78 is 4.61. The van der Waals surface area contributed by atoms with Gasteiger partial charge in [-0.05, 0) is 17.7 Å². The normalized spacial score (nSPS) is 21.0. The molecule has 19 heavy (non-hydrogen) atoms. The summed E-state index contributed by atoms with van der Waals surface area (Å²) in [6.07, 6.45) is -0.0171. The highest BCUT2D eigenvalue weighted by Crippen LogP contribution is 2.39. The van der Waals surface area contributed by atoms with Crippen molar-refractivity contribution in [2.45, 2.75) is 12.3 Å². The van der Waals surface area contributed by atoms with E-state index in [-0.39, 0.29) is 6.42 Å². The van der Waals surface area contributed by atoms with Crippen LogP contribution in [0, 0.1) is 17.2 Å². The lowest BCUT2D eigenvalue weighted by molar-refractivity contribution is -0.141. The first-order valence-corrected chi connectivity index (χ1v) is 6.01. The average molecular weight is 279 g/mol. The van der Waals surface area contributed by atoms with E-state index in [1.807, 2.05) is 6.07 Å². The second-order valence-electron chi connectivity index (χ2n) is 4.21. The van der Waals surface area contributed by atoms with Crippen molar-refractivity contribution in [1.29, 1.82) is 5.26 Å². The summed E-state index contributed by atoms with van der Waals surface area (Å²) in [5.74, 6) is -2.31. The molecule has 1 N–H and O–H groups in total. The fourth-order valence-electron chi connectivity index (χ4n) is 2.17. The van der Waals surface area contributed by atoms with Crippen LogP contribution in [0.5, 0.6) is 0 Å². The maximum atomic E-state index is 11.9. The Morgan fingerprint density at radius 3 is 2.95 bits per heavy atom. The molecule has 2 unspecified atom stereocenters. The highest BCUT2D eigenvalue weighted by Gasteiger charge is 2.37. The molecule has 0 aliphatic carbocycles. The molecule has 5 nitrogen and oxygen atoms in total. The number of hydrogen-bond acceptors (Lipinski definition) is 4. The molecule has 0 bridgehead atoms. The van der Waals surface area contributed by atoms with Gasteiger partial charge < -0.3 is 10.1 Å². The fourth-order valence-corrected chi connectivity index (χ4v) is 2.34. The molecule has 0 fully saturated rings. The second-order valence-corrected chi connectivity index (χ2v) is 4.65. The molecule has 2 atom stereocenters. The number of hydrogen-bond donors (Lipinski definition) is 1. The Balaban J connectivity index is 2.45. The van der Waals surface area contributed by atoms with E-state index in [1.165, 1.54) is 7.11 Å². The predicted octanol–water partition coefficient (Wildman–Crippen LogP) is 2.08. The number of rotatable bonds is 2. The number of nitriles is 1. The number of esters is 1. The molecule has 98 valence electrons. The van der Waals surface area contributed by atoms with Gasteiger partial charge >= 0.3 is 5.97 Å². The van der Waals surface area contributed by atoms with E-state index in [0.717, 1.165) is 5.56 Å². The molecule has 6 heteroatoms. The minimum Gasteiger partial charge on any atom is -0.469 e. The maximum absolute atomic E-state index is 11.9. The first kappa shape index (κ1) is 13.4. The van der Waals surface area contributed by atoms with E-state index in [0.29, 0.717) is 10.7 Å². The number of carbonyl (C=O) groups is 2. The summed E-state index contributed by atoms with van der Waals surface area (Å²) in [5, 5.41) is 12.2. The number of methoxy groups -OCH3 is 1. The molecule has 0 saturated heterocycles. The van der Waals surface area contributed by atoms with Crippen molar-refractivity contribution in [2.24, 2.45) is 5.92 Å². The standard InChI is InChI=1S/C13H11ClN2O3/c1-19-12(17)5-9-8-3-2-7(14)4-11(8)16-13(18)10(9)6-15/h2-4,9-10H,5H2,1H3,(H,16,18). The molecule has 0 spiro atoms. The molecular formula is C13H11ClN2O3. The van der Waals surface area contributed by atoms with Crippen LogP contribution in [0.25, 0.3) is 0 Å². The number of anilines is 1. The van der Waals surface area contributed by atoms with Crippen molar-refractivity contribution < 1.29 is 14.3 Å². The molecule has 1 aliphatic rings. The van der Waals surface area contributed by atoms with Crippen LogP contribution < -0.4 is 5.32 Å². The van der Waals surface area contributed by atoms with E-state index < -0.39 is 23.7 Å². The van der Waals surface area contributed by atoms with Gasteiger partial charge in [0.1, 0.15) is 5.92 Å². The third-order valence-electron chi connectivity index (χ3n) is 3.11. The Morgan fingerprint density at radius 1 is 1.58 bits per heavy atom. The fraction of sp³-hybridized carbons (Fsp3) is 0.308. The van der Waals surface area contributed by atoms with Gasteiger partial charge in [0, 0.05) is 16.6 Å². The minimum absolute atomic E-state index is 0.0171. The largest absolute Gasteiger partial charge is 0.469 e. The first-order valence-electron chi connectivity index (χ1n) is 5.63. The second kappa shape index (κ2) is 5.29. The van der Waals surface area contributed by atoms with Gasteiger partial charge in [-0.3, -0.25) is 9.59 Å². The summed E-state index contributed by atoms with van der Waals surface area (Å²) in [6, 6.07) is 6.92. The van der Waals surface area contributed by atoms with Crippen LogP contribution >= 0.6 is 11.6 Å². The molecular weight excluding hydrogens is 268 g/mol. The van der Waals surface area contributed by atoms with Crippen LogP contribution in [0.4, 0.5) is 5.69 Å². The van der Waals surface area contributed by atoms with Gasteiger partial charge in [-0.2, -0.15) is 5.26 Å². The zero-order valence-corrected chi connectivity index (χ0v) is 10.9. The number of carbonyl (C=O) groups excluding carboxylic acids is 2. The summed E-state index contributed by atoms with van der Waals surface area (Å²) in [7, 11) is 1.27. The number of benzene rings is 1. The summed E-state index contributed by atoms with van der Waals surface area (Å²) in [4.78, 5) is 23.3. The Bertz CT molecular complexity index is 580. The molecule has 0 saturated carbocycles. The lowest BCUT2D eigenvalue weighted by atomic mass is 9.80. The Kier molecular flexibility index (Phi) is 3.72. The molecule has 1 aromatic rings. The smallest absolute Gasteiger partial charge is 0.306 e. The summed E-state index contributed by atoms with van der Waals surface area (Å²) in [5.41, 5.74) is 1.26. The van der Waals surface area contributed by atoms with Crippen LogP contribution in [-0.2, 0) is 14.3 Å². The van der Waals surface area contributed by atoms with Crippen LogP contribution in [0.3, 0.4) is 0 Å². The van der Waals surface area contributed by atoms with Crippen molar-refractivity contribution in [3.05, 3.63) is 28.8 Å². The third-order valence-corrected chi connectivity index (χ3v) is 3.35. The lowest BCUT2D eigenvalue weighted by Crippen LogP contribution is -2.34. The van der Waals surface area contributed by atoms with Crippen molar-refractivity contribution >= 4 is 29.2 Å². The first-order chi connectivity index (χ1) is 9.06. The molecule has 2 rings (SSSR count). The zero-order chi connectivity index (χ0) is 14.0. The number of nitrogens with zero attached hydrogens (tertiary/aromatic N) is 1. The van der Waals surface area contributed by atoms with Gasteiger partial charge in [0.15, 0.2) is 0 Å². The number of fused-ring (bicyclic) bond motifs is 1. The molecule has 1 aliphatic heterocycles. The van der Waals surface area contributed by atoms with Crippen molar-refractivity contribution in [3.8, 4) is 6.07 Å². The van der Waals surface area contributed by atoms with Gasteiger partial charge in [-0.1, -0.05) is 17.7 Å². The zero-order valence-electron chi connectivity index (χ0n) is 10.1. The number of halogens is 1. The van der Waals surface area contributed by atoms with E-state index in [1.54, 1.807) is 18.2 Å². The SMILES string of the molecule is COC(=O)CC1c2ccc(Cl)cc2NC(=O)C1C#N. The molecule has 0 aromatic heterocycles. The van der Waals surface area contributed by atoms with E-state index in [2.05, 4.69) is 10.1 Å². The minimum atomic E-state index is -0.909. The number of amides is 1. The molecule has 1 aromatic carbocycles. The van der Waals surface area contributed by atoms with Gasteiger partial charge in [-0.25, -0.2) is 0 Å². The van der Waals surface area contributed by atoms with Gasteiger partial charge in [0.05, 0.1) is 19.6 Å². The molecule has 1 amide bonds. The van der Waals surface area contributed by atoms with Crippen molar-refractivity contribution in [2.75, 3.05) is 12.4 Å². The highest BCUT2D eigenvalue weighted by molar-refractivity contribution is 6.31. The van der Waals surface area contributed by atoms with Gasteiger partial charge in [-0.15, -0.1) is 0 Å². The molecule has 0 radical (unpaired) electrons. The summed E-state index contributed by atoms with van der Waals surface area (Å²) in [6.45, 7) is 0. The van der Waals surface area contributed by atoms with Gasteiger partial charge in [0.2, 0.25) is 5.91 Å². The van der Waals surface area contributed by atoms with Crippen LogP contribution in [0.15, 0.2) is 18.2 Å². The predicted molar refractivity (Wildman–Crippen MR) is 68.6 cm³/mol. The summed E-state index contributed by atoms with van der Waals surface area (Å²) >= 11 is 5.87. The Morgan fingerprint density at radius 2 is 2.32 bits per heavy atom. The van der Waals surface area contributed by atoms with Crippen LogP contribution in [-0.4, -0.2) is 19.0 Å². The highest BCUT2D eigenvalue weighted by atomic mass is 35.5. The lowest BCUT2D eigenvalue weighted by Gasteiger charge is -2.28. The maximum Gasteiger partial charge on any atom is 0.306 e. The van der Waals surface area contributed by atoms with E-state index in [9.17, 15) is 9.59 Å². The van der Waals surface area contributed by atoms with E-state index in [4.69, 9.17) is 16.9 Å². The quantitative estimate of drug-likeness (QED) is 0.840. The number of ether oxygens (including phenoxy) is 1. The third kappa shape index (κ3) is 2.54. The topological polar surface area (TPSA) is 79.2 Å². The van der Waals surface area contributed by atoms with E-state index >= 15 is 0 Å².